The Morgan fingerprint density at radius 3 is 2.75 bits per heavy atom. The van der Waals surface area contributed by atoms with Gasteiger partial charge in [0.1, 0.15) is 5.02 Å². The van der Waals surface area contributed by atoms with E-state index in [1.54, 1.807) is 6.20 Å². The minimum atomic E-state index is 0. The first kappa shape index (κ1) is 21.3. The monoisotopic (exact) mass is 466 g/mol. The Morgan fingerprint density at radius 1 is 1.42 bits per heavy atom. The molecule has 5 nitrogen and oxygen atoms in total. The fraction of sp³-hybridized carbons (Fsp3) is 0.647. The summed E-state index contributed by atoms with van der Waals surface area (Å²) < 4.78 is 5.56. The van der Waals surface area contributed by atoms with Crippen LogP contribution in [0.1, 0.15) is 51.5 Å². The van der Waals surface area contributed by atoms with Crippen molar-refractivity contribution in [3.63, 3.8) is 0 Å². The molecule has 1 aliphatic rings. The van der Waals surface area contributed by atoms with Crippen LogP contribution in [-0.4, -0.2) is 23.6 Å². The maximum atomic E-state index is 6.20. The first-order valence-corrected chi connectivity index (χ1v) is 8.76. The number of hydrogen-bond donors (Lipinski definition) is 2. The molecule has 7 heteroatoms. The molecule has 1 aliphatic carbocycles. The predicted octanol–water partition coefficient (Wildman–Crippen LogP) is 4.12. The summed E-state index contributed by atoms with van der Waals surface area (Å²) in [5.41, 5.74) is 6.88. The van der Waals surface area contributed by atoms with Crippen LogP contribution < -0.4 is 15.8 Å². The first-order valence-electron chi connectivity index (χ1n) is 8.38. The Kier molecular flexibility index (Phi) is 9.73. The SMILES string of the molecule is CC(C)COc1ncc(CN=C(N)NC2CCCCC2)cc1Cl.I. The number of rotatable bonds is 6. The molecule has 136 valence electrons. The number of hydrogen-bond acceptors (Lipinski definition) is 3. The van der Waals surface area contributed by atoms with Gasteiger partial charge in [0.2, 0.25) is 5.88 Å². The molecular formula is C17H28ClIN4O. The van der Waals surface area contributed by atoms with Crippen molar-refractivity contribution < 1.29 is 4.74 Å². The van der Waals surface area contributed by atoms with Gasteiger partial charge < -0.3 is 15.8 Å². The van der Waals surface area contributed by atoms with Gasteiger partial charge in [0, 0.05) is 12.2 Å². The maximum Gasteiger partial charge on any atom is 0.232 e. The van der Waals surface area contributed by atoms with E-state index in [1.165, 1.54) is 32.1 Å². The van der Waals surface area contributed by atoms with E-state index in [0.717, 1.165) is 5.56 Å². The molecule has 2 rings (SSSR count). The number of nitrogens with two attached hydrogens (primary N) is 1. The Hall–Kier alpha value is -0.760. The van der Waals surface area contributed by atoms with Gasteiger partial charge in [-0.2, -0.15) is 0 Å². The maximum absolute atomic E-state index is 6.20. The number of nitrogens with one attached hydrogen (secondary N) is 1. The quantitative estimate of drug-likeness (QED) is 0.376. The summed E-state index contributed by atoms with van der Waals surface area (Å²) in [7, 11) is 0. The summed E-state index contributed by atoms with van der Waals surface area (Å²) in [5, 5.41) is 3.81. The summed E-state index contributed by atoms with van der Waals surface area (Å²) in [6.45, 7) is 5.23. The molecule has 0 unspecified atom stereocenters. The van der Waals surface area contributed by atoms with Gasteiger partial charge in [-0.3, -0.25) is 0 Å². The largest absolute Gasteiger partial charge is 0.476 e. The Bertz CT molecular complexity index is 533. The molecule has 0 aliphatic heterocycles. The minimum absolute atomic E-state index is 0. The van der Waals surface area contributed by atoms with Gasteiger partial charge in [0.15, 0.2) is 5.96 Å². The zero-order valence-corrected chi connectivity index (χ0v) is 17.5. The van der Waals surface area contributed by atoms with Crippen molar-refractivity contribution in [1.82, 2.24) is 10.3 Å². The topological polar surface area (TPSA) is 72.5 Å². The van der Waals surface area contributed by atoms with E-state index in [9.17, 15) is 0 Å². The molecule has 0 aromatic carbocycles. The summed E-state index contributed by atoms with van der Waals surface area (Å²) in [6, 6.07) is 2.29. The van der Waals surface area contributed by atoms with E-state index in [4.69, 9.17) is 22.1 Å². The van der Waals surface area contributed by atoms with Gasteiger partial charge in [0.25, 0.3) is 0 Å². The van der Waals surface area contributed by atoms with Crippen LogP contribution in [0.2, 0.25) is 5.02 Å². The fourth-order valence-electron chi connectivity index (χ4n) is 2.58. The fourth-order valence-corrected chi connectivity index (χ4v) is 2.82. The van der Waals surface area contributed by atoms with Gasteiger partial charge in [-0.15, -0.1) is 24.0 Å². The zero-order valence-electron chi connectivity index (χ0n) is 14.4. The molecule has 1 fully saturated rings. The lowest BCUT2D eigenvalue weighted by Crippen LogP contribution is -2.41. The van der Waals surface area contributed by atoms with Gasteiger partial charge in [-0.25, -0.2) is 9.98 Å². The molecule has 0 radical (unpaired) electrons. The Morgan fingerprint density at radius 2 is 2.12 bits per heavy atom. The van der Waals surface area contributed by atoms with Gasteiger partial charge in [-0.1, -0.05) is 44.7 Å². The molecule has 24 heavy (non-hydrogen) atoms. The van der Waals surface area contributed by atoms with E-state index in [2.05, 4.69) is 29.1 Å². The molecule has 0 saturated heterocycles. The number of guanidine groups is 1. The Labute approximate surface area is 166 Å². The minimum Gasteiger partial charge on any atom is -0.476 e. The molecule has 0 amide bonds. The van der Waals surface area contributed by atoms with Gasteiger partial charge in [-0.05, 0) is 30.4 Å². The molecule has 0 atom stereocenters. The number of halogens is 2. The molecule has 1 heterocycles. The molecule has 3 N–H and O–H groups in total. The van der Waals surface area contributed by atoms with Gasteiger partial charge in [0.05, 0.1) is 13.2 Å². The highest BCUT2D eigenvalue weighted by molar-refractivity contribution is 14.0. The second kappa shape index (κ2) is 11.0. The number of nitrogens with zero attached hydrogens (tertiary/aromatic N) is 2. The highest BCUT2D eigenvalue weighted by Gasteiger charge is 2.13. The number of aromatic nitrogens is 1. The smallest absolute Gasteiger partial charge is 0.232 e. The third kappa shape index (κ3) is 7.42. The molecule has 1 aromatic rings. The molecule has 1 aromatic heterocycles. The molecule has 1 saturated carbocycles. The number of aliphatic imine (C=N–C) groups is 1. The lowest BCUT2D eigenvalue weighted by molar-refractivity contribution is 0.261. The van der Waals surface area contributed by atoms with Crippen molar-refractivity contribution in [2.75, 3.05) is 6.61 Å². The van der Waals surface area contributed by atoms with Crippen molar-refractivity contribution >= 4 is 41.5 Å². The van der Waals surface area contributed by atoms with Crippen LogP contribution >= 0.6 is 35.6 Å². The third-order valence-electron chi connectivity index (χ3n) is 3.81. The van der Waals surface area contributed by atoms with E-state index in [0.29, 0.717) is 42.0 Å². The normalized spacial score (nSPS) is 15.9. The van der Waals surface area contributed by atoms with Crippen molar-refractivity contribution in [2.45, 2.75) is 58.5 Å². The first-order chi connectivity index (χ1) is 11.0. The summed E-state index contributed by atoms with van der Waals surface area (Å²) in [6.07, 6.45) is 7.94. The van der Waals surface area contributed by atoms with Crippen LogP contribution in [0.15, 0.2) is 17.3 Å². The summed E-state index contributed by atoms with van der Waals surface area (Å²) in [5.74, 6) is 1.40. The zero-order chi connectivity index (χ0) is 16.7. The van der Waals surface area contributed by atoms with Crippen molar-refractivity contribution in [3.8, 4) is 5.88 Å². The predicted molar refractivity (Wildman–Crippen MR) is 110 cm³/mol. The lowest BCUT2D eigenvalue weighted by Gasteiger charge is -2.23. The van der Waals surface area contributed by atoms with Crippen LogP contribution in [0, 0.1) is 5.92 Å². The van der Waals surface area contributed by atoms with Crippen LogP contribution in [0.3, 0.4) is 0 Å². The van der Waals surface area contributed by atoms with Gasteiger partial charge >= 0.3 is 0 Å². The molecular weight excluding hydrogens is 439 g/mol. The van der Waals surface area contributed by atoms with E-state index >= 15 is 0 Å². The third-order valence-corrected chi connectivity index (χ3v) is 4.08. The summed E-state index contributed by atoms with van der Waals surface area (Å²) >= 11 is 6.20. The average Bonchev–Trinajstić information content (AvgIpc) is 2.53. The second-order valence-electron chi connectivity index (χ2n) is 6.52. The second-order valence-corrected chi connectivity index (χ2v) is 6.92. The van der Waals surface area contributed by atoms with E-state index in [-0.39, 0.29) is 24.0 Å². The lowest BCUT2D eigenvalue weighted by atomic mass is 9.96. The van der Waals surface area contributed by atoms with Crippen LogP contribution in [0.25, 0.3) is 0 Å². The average molecular weight is 467 g/mol. The number of pyridine rings is 1. The summed E-state index contributed by atoms with van der Waals surface area (Å²) in [4.78, 5) is 8.64. The highest BCUT2D eigenvalue weighted by Crippen LogP contribution is 2.23. The van der Waals surface area contributed by atoms with Crippen molar-refractivity contribution in [2.24, 2.45) is 16.6 Å². The van der Waals surface area contributed by atoms with Crippen LogP contribution in [0.5, 0.6) is 5.88 Å². The van der Waals surface area contributed by atoms with Crippen molar-refractivity contribution in [3.05, 3.63) is 22.8 Å². The highest BCUT2D eigenvalue weighted by atomic mass is 127. The molecule has 0 bridgehead atoms. The van der Waals surface area contributed by atoms with Crippen LogP contribution in [-0.2, 0) is 6.54 Å². The standard InChI is InChI=1S/C17H27ClN4O.HI/c1-12(2)11-23-16-15(18)8-13(9-20-16)10-21-17(19)22-14-6-4-3-5-7-14;/h8-9,12,14H,3-7,10-11H2,1-2H3,(H3,19,21,22);1H. The van der Waals surface area contributed by atoms with E-state index in [1.807, 2.05) is 6.07 Å². The van der Waals surface area contributed by atoms with Crippen LogP contribution in [0.4, 0.5) is 0 Å². The Balaban J connectivity index is 0.00000288. The molecule has 0 spiro atoms. The number of ether oxygens (including phenoxy) is 1. The van der Waals surface area contributed by atoms with Crippen molar-refractivity contribution in [1.29, 1.82) is 0 Å². The van der Waals surface area contributed by atoms with E-state index < -0.39 is 0 Å².